The van der Waals surface area contributed by atoms with Gasteiger partial charge >= 0.3 is 5.97 Å². The highest BCUT2D eigenvalue weighted by molar-refractivity contribution is 6.00. The molecular formula is C28H31N3O3. The molecule has 5 unspecified atom stereocenters. The summed E-state index contributed by atoms with van der Waals surface area (Å²) >= 11 is 0. The molecule has 34 heavy (non-hydrogen) atoms. The van der Waals surface area contributed by atoms with Gasteiger partial charge in [-0.05, 0) is 85.0 Å². The van der Waals surface area contributed by atoms with E-state index in [1.54, 1.807) is 28.9 Å². The number of hydrogen-bond acceptors (Lipinski definition) is 3. The summed E-state index contributed by atoms with van der Waals surface area (Å²) in [4.78, 5) is 25.4. The zero-order valence-electron chi connectivity index (χ0n) is 19.5. The molecule has 1 aromatic carbocycles. The molecule has 3 aliphatic carbocycles. The van der Waals surface area contributed by atoms with E-state index in [1.807, 2.05) is 30.3 Å². The first-order chi connectivity index (χ1) is 16.4. The number of carboxylic acid groups (broad SMARTS) is 1. The number of fused-ring (bicyclic) bond motifs is 2. The quantitative estimate of drug-likeness (QED) is 0.539. The Kier molecular flexibility index (Phi) is 4.84. The molecule has 2 aromatic heterocycles. The van der Waals surface area contributed by atoms with Crippen LogP contribution in [0.3, 0.4) is 0 Å². The van der Waals surface area contributed by atoms with E-state index < -0.39 is 11.9 Å². The number of carbonyl (C=O) groups is 2. The van der Waals surface area contributed by atoms with Gasteiger partial charge in [-0.3, -0.25) is 9.59 Å². The molecule has 2 heterocycles. The first kappa shape index (κ1) is 21.4. The van der Waals surface area contributed by atoms with Crippen LogP contribution >= 0.6 is 0 Å². The fraction of sp³-hybridized carbons (Fsp3) is 0.464. The lowest BCUT2D eigenvalue weighted by atomic mass is 9.67. The standard InChI is InChI=1S/C28H31N3O3/c1-18-12-27(14-20-15-28(20,13-18)16-27)17-29-25(32)21-8-5-9-31-24(21)11-23(30-31)22(26(33)34)10-19-6-3-2-4-7-19/h2-9,11,18,20,22H,10,12-17H2,1H3,(H,29,32)(H,33,34). The Morgan fingerprint density at radius 3 is 2.76 bits per heavy atom. The van der Waals surface area contributed by atoms with Gasteiger partial charge in [0.1, 0.15) is 5.92 Å². The predicted octanol–water partition coefficient (Wildman–Crippen LogP) is 4.69. The average Bonchev–Trinajstić information content (AvgIpc) is 3.16. The van der Waals surface area contributed by atoms with Crippen molar-refractivity contribution in [1.82, 2.24) is 14.9 Å². The second-order valence-electron chi connectivity index (χ2n) is 11.2. The van der Waals surface area contributed by atoms with Crippen LogP contribution in [0.2, 0.25) is 0 Å². The largest absolute Gasteiger partial charge is 0.481 e. The molecule has 0 radical (unpaired) electrons. The maximum atomic E-state index is 13.3. The molecule has 6 rings (SSSR count). The van der Waals surface area contributed by atoms with Crippen LogP contribution in [0.5, 0.6) is 0 Å². The Bertz CT molecular complexity index is 1260. The first-order valence-electron chi connectivity index (χ1n) is 12.4. The Labute approximate surface area is 199 Å². The monoisotopic (exact) mass is 457 g/mol. The third kappa shape index (κ3) is 3.60. The van der Waals surface area contributed by atoms with Crippen molar-refractivity contribution in [2.24, 2.45) is 22.7 Å². The predicted molar refractivity (Wildman–Crippen MR) is 129 cm³/mol. The summed E-state index contributed by atoms with van der Waals surface area (Å²) in [6.45, 7) is 3.09. The van der Waals surface area contributed by atoms with Gasteiger partial charge in [-0.25, -0.2) is 4.52 Å². The number of aromatic nitrogens is 2. The van der Waals surface area contributed by atoms with Crippen LogP contribution in [0.25, 0.3) is 5.52 Å². The lowest BCUT2D eigenvalue weighted by Gasteiger charge is -2.40. The molecule has 176 valence electrons. The summed E-state index contributed by atoms with van der Waals surface area (Å²) in [5.41, 5.74) is 3.43. The Morgan fingerprint density at radius 1 is 1.15 bits per heavy atom. The summed E-state index contributed by atoms with van der Waals surface area (Å²) in [6.07, 6.45) is 8.58. The molecule has 3 aromatic rings. The van der Waals surface area contributed by atoms with Crippen molar-refractivity contribution >= 4 is 17.4 Å². The second kappa shape index (κ2) is 7.69. The number of rotatable bonds is 7. The highest BCUT2D eigenvalue weighted by Crippen LogP contribution is 2.75. The average molecular weight is 458 g/mol. The fourth-order valence-corrected chi connectivity index (χ4v) is 7.40. The second-order valence-corrected chi connectivity index (χ2v) is 11.2. The summed E-state index contributed by atoms with van der Waals surface area (Å²) in [5, 5.41) is 17.7. The van der Waals surface area contributed by atoms with Crippen molar-refractivity contribution in [3.05, 3.63) is 71.5 Å². The molecule has 3 saturated carbocycles. The number of aliphatic carboxylic acids is 1. The minimum Gasteiger partial charge on any atom is -0.481 e. The SMILES string of the molecule is CC1CC2(CNC(=O)c3cccn4nc(C(Cc5ccccc5)C(=O)O)cc34)CC3CC3(C1)C2. The van der Waals surface area contributed by atoms with Crippen LogP contribution in [0.1, 0.15) is 66.6 Å². The minimum absolute atomic E-state index is 0.103. The van der Waals surface area contributed by atoms with E-state index in [2.05, 4.69) is 17.3 Å². The van der Waals surface area contributed by atoms with Gasteiger partial charge in [-0.1, -0.05) is 37.3 Å². The smallest absolute Gasteiger partial charge is 0.313 e. The van der Waals surface area contributed by atoms with Gasteiger partial charge in [-0.2, -0.15) is 5.10 Å². The van der Waals surface area contributed by atoms with Gasteiger partial charge in [0.15, 0.2) is 0 Å². The molecule has 5 atom stereocenters. The van der Waals surface area contributed by atoms with Crippen molar-refractivity contribution in [2.45, 2.75) is 51.4 Å². The number of hydrogen-bond donors (Lipinski definition) is 2. The minimum atomic E-state index is -0.919. The Balaban J connectivity index is 1.23. The van der Waals surface area contributed by atoms with Gasteiger partial charge < -0.3 is 10.4 Å². The first-order valence-corrected chi connectivity index (χ1v) is 12.4. The van der Waals surface area contributed by atoms with E-state index in [9.17, 15) is 14.7 Å². The van der Waals surface area contributed by atoms with Crippen LogP contribution in [0.15, 0.2) is 54.7 Å². The number of nitrogens with zero attached hydrogens (tertiary/aromatic N) is 2. The molecule has 0 saturated heterocycles. The van der Waals surface area contributed by atoms with Gasteiger partial charge in [-0.15, -0.1) is 0 Å². The number of carboxylic acids is 1. The molecule has 6 nitrogen and oxygen atoms in total. The molecular weight excluding hydrogens is 426 g/mol. The van der Waals surface area contributed by atoms with Crippen molar-refractivity contribution < 1.29 is 14.7 Å². The number of nitrogens with one attached hydrogen (secondary N) is 1. The molecule has 2 N–H and O–H groups in total. The third-order valence-electron chi connectivity index (χ3n) is 8.63. The maximum absolute atomic E-state index is 13.3. The van der Waals surface area contributed by atoms with Crippen LogP contribution in [0, 0.1) is 22.7 Å². The zero-order chi connectivity index (χ0) is 23.5. The molecule has 3 aliphatic rings. The van der Waals surface area contributed by atoms with Gasteiger partial charge in [0, 0.05) is 12.7 Å². The number of pyridine rings is 1. The van der Waals surface area contributed by atoms with Gasteiger partial charge in [0.2, 0.25) is 0 Å². The van der Waals surface area contributed by atoms with Crippen molar-refractivity contribution in [3.8, 4) is 0 Å². The van der Waals surface area contributed by atoms with Crippen LogP contribution in [-0.2, 0) is 11.2 Å². The van der Waals surface area contributed by atoms with E-state index in [0.29, 0.717) is 28.6 Å². The topological polar surface area (TPSA) is 83.7 Å². The fourth-order valence-electron chi connectivity index (χ4n) is 7.40. The van der Waals surface area contributed by atoms with Crippen LogP contribution in [0.4, 0.5) is 0 Å². The summed E-state index contributed by atoms with van der Waals surface area (Å²) in [5.74, 6) is -0.196. The van der Waals surface area contributed by atoms with E-state index >= 15 is 0 Å². The zero-order valence-corrected chi connectivity index (χ0v) is 19.5. The maximum Gasteiger partial charge on any atom is 0.313 e. The molecule has 2 bridgehead atoms. The van der Waals surface area contributed by atoms with Crippen molar-refractivity contribution in [2.75, 3.05) is 6.54 Å². The molecule has 1 spiro atoms. The number of benzene rings is 1. The summed E-state index contributed by atoms with van der Waals surface area (Å²) in [6, 6.07) is 14.9. The normalized spacial score (nSPS) is 30.0. The van der Waals surface area contributed by atoms with Gasteiger partial charge in [0.05, 0.1) is 16.8 Å². The highest BCUT2D eigenvalue weighted by Gasteiger charge is 2.67. The number of amides is 1. The third-order valence-corrected chi connectivity index (χ3v) is 8.63. The highest BCUT2D eigenvalue weighted by atomic mass is 16.4. The Hall–Kier alpha value is -3.15. The van der Waals surface area contributed by atoms with Crippen LogP contribution in [-0.4, -0.2) is 33.1 Å². The molecule has 1 amide bonds. The summed E-state index contributed by atoms with van der Waals surface area (Å²) < 4.78 is 1.63. The lowest BCUT2D eigenvalue weighted by molar-refractivity contribution is -0.138. The van der Waals surface area contributed by atoms with Crippen LogP contribution < -0.4 is 5.32 Å². The summed E-state index contributed by atoms with van der Waals surface area (Å²) in [7, 11) is 0. The molecule has 3 fully saturated rings. The van der Waals surface area contributed by atoms with Crippen molar-refractivity contribution in [1.29, 1.82) is 0 Å². The number of carbonyl (C=O) groups excluding carboxylic acids is 1. The van der Waals surface area contributed by atoms with Gasteiger partial charge in [0.25, 0.3) is 5.91 Å². The molecule has 0 aliphatic heterocycles. The van der Waals surface area contributed by atoms with E-state index in [1.165, 1.54) is 32.1 Å². The van der Waals surface area contributed by atoms with E-state index in [-0.39, 0.29) is 11.3 Å². The lowest BCUT2D eigenvalue weighted by Crippen LogP contribution is -2.40. The van der Waals surface area contributed by atoms with Crippen molar-refractivity contribution in [3.63, 3.8) is 0 Å². The van der Waals surface area contributed by atoms with E-state index in [0.717, 1.165) is 23.9 Å². The Morgan fingerprint density at radius 2 is 1.97 bits per heavy atom. The van der Waals surface area contributed by atoms with E-state index in [4.69, 9.17) is 0 Å². The molecule has 6 heteroatoms.